The van der Waals surface area contributed by atoms with E-state index in [4.69, 9.17) is 4.74 Å². The molecule has 1 unspecified atom stereocenters. The first kappa shape index (κ1) is 14.2. The molecule has 3 heterocycles. The maximum Gasteiger partial charge on any atom is 0.257 e. The Labute approximate surface area is 130 Å². The van der Waals surface area contributed by atoms with Gasteiger partial charge in [0.15, 0.2) is 0 Å². The Morgan fingerprint density at radius 2 is 2.38 bits per heavy atom. The minimum atomic E-state index is -0.202. The third kappa shape index (κ3) is 3.68. The van der Waals surface area contributed by atoms with Crippen molar-refractivity contribution in [2.24, 2.45) is 0 Å². The highest BCUT2D eigenvalue weighted by atomic mass is 79.9. The van der Waals surface area contributed by atoms with Gasteiger partial charge < -0.3 is 10.1 Å². The van der Waals surface area contributed by atoms with Crippen LogP contribution in [-0.4, -0.2) is 33.4 Å². The molecule has 0 aromatic carbocycles. The molecule has 1 saturated heterocycles. The summed E-state index contributed by atoms with van der Waals surface area (Å²) in [6.45, 7) is 1.54. The third-order valence-electron chi connectivity index (χ3n) is 3.30. The third-order valence-corrected chi connectivity index (χ3v) is 3.76. The Balaban J connectivity index is 1.61. The zero-order chi connectivity index (χ0) is 14.7. The van der Waals surface area contributed by atoms with Crippen LogP contribution in [0.5, 0.6) is 0 Å². The number of nitrogens with one attached hydrogen (secondary N) is 1. The molecule has 1 aliphatic heterocycles. The number of ether oxygens (including phenoxy) is 1. The quantitative estimate of drug-likeness (QED) is 0.860. The van der Waals surface area contributed by atoms with Crippen LogP contribution >= 0.6 is 15.9 Å². The number of hydrogen-bond acceptors (Lipinski definition) is 4. The lowest BCUT2D eigenvalue weighted by Crippen LogP contribution is -2.15. The van der Waals surface area contributed by atoms with Gasteiger partial charge in [-0.2, -0.15) is 5.10 Å². The normalized spacial score (nSPS) is 17.9. The average Bonchev–Trinajstić information content (AvgIpc) is 3.12. The van der Waals surface area contributed by atoms with Crippen molar-refractivity contribution in [1.29, 1.82) is 0 Å². The van der Waals surface area contributed by atoms with Gasteiger partial charge in [0, 0.05) is 19.0 Å². The number of hydrogen-bond donors (Lipinski definition) is 1. The number of rotatable bonds is 4. The summed E-state index contributed by atoms with van der Waals surface area (Å²) in [4.78, 5) is 16.1. The fourth-order valence-corrected chi connectivity index (χ4v) is 2.47. The summed E-state index contributed by atoms with van der Waals surface area (Å²) < 4.78 is 8.06. The number of nitrogens with zero attached hydrogens (tertiary/aromatic N) is 3. The molecule has 1 fully saturated rings. The molecule has 1 amide bonds. The predicted molar refractivity (Wildman–Crippen MR) is 81.1 cm³/mol. The van der Waals surface area contributed by atoms with E-state index >= 15 is 0 Å². The molecular weight excluding hydrogens is 336 g/mol. The van der Waals surface area contributed by atoms with Crippen molar-refractivity contribution in [2.45, 2.75) is 25.5 Å². The average molecular weight is 351 g/mol. The molecule has 0 radical (unpaired) electrons. The first-order valence-electron chi connectivity index (χ1n) is 6.78. The summed E-state index contributed by atoms with van der Waals surface area (Å²) in [6.07, 6.45) is 7.36. The molecule has 0 bridgehead atoms. The van der Waals surface area contributed by atoms with Crippen molar-refractivity contribution in [3.05, 3.63) is 40.9 Å². The van der Waals surface area contributed by atoms with Crippen LogP contribution in [0.2, 0.25) is 0 Å². The predicted octanol–water partition coefficient (Wildman–Crippen LogP) is 2.47. The number of pyridine rings is 1. The Kier molecular flexibility index (Phi) is 4.31. The minimum Gasteiger partial charge on any atom is -0.376 e. The Hall–Kier alpha value is -1.73. The van der Waals surface area contributed by atoms with Crippen LogP contribution in [0.3, 0.4) is 0 Å². The molecule has 6 nitrogen and oxygen atoms in total. The maximum atomic E-state index is 12.1. The lowest BCUT2D eigenvalue weighted by Gasteiger charge is -2.08. The second-order valence-electron chi connectivity index (χ2n) is 4.91. The molecule has 0 saturated carbocycles. The first-order valence-corrected chi connectivity index (χ1v) is 7.57. The lowest BCUT2D eigenvalue weighted by atomic mass is 10.2. The maximum absolute atomic E-state index is 12.1. The van der Waals surface area contributed by atoms with Crippen molar-refractivity contribution in [3.8, 4) is 0 Å². The highest BCUT2D eigenvalue weighted by molar-refractivity contribution is 9.10. The highest BCUT2D eigenvalue weighted by Crippen LogP contribution is 2.15. The van der Waals surface area contributed by atoms with Gasteiger partial charge in [-0.25, -0.2) is 4.98 Å². The van der Waals surface area contributed by atoms with E-state index in [2.05, 4.69) is 31.3 Å². The molecule has 1 atom stereocenters. The summed E-state index contributed by atoms with van der Waals surface area (Å²) >= 11 is 3.24. The van der Waals surface area contributed by atoms with Crippen LogP contribution in [0.4, 0.5) is 5.69 Å². The Morgan fingerprint density at radius 1 is 1.48 bits per heavy atom. The van der Waals surface area contributed by atoms with E-state index in [0.717, 1.165) is 26.0 Å². The van der Waals surface area contributed by atoms with Crippen molar-refractivity contribution in [3.63, 3.8) is 0 Å². The van der Waals surface area contributed by atoms with Crippen LogP contribution in [0.25, 0.3) is 0 Å². The van der Waals surface area contributed by atoms with Gasteiger partial charge in [-0.3, -0.25) is 9.48 Å². The second-order valence-corrected chi connectivity index (χ2v) is 5.72. The van der Waals surface area contributed by atoms with Crippen LogP contribution in [0.15, 0.2) is 35.3 Å². The Morgan fingerprint density at radius 3 is 3.10 bits per heavy atom. The van der Waals surface area contributed by atoms with E-state index in [1.807, 2.05) is 6.20 Å². The summed E-state index contributed by atoms with van der Waals surface area (Å²) in [7, 11) is 0. The molecule has 1 aliphatic rings. The largest absolute Gasteiger partial charge is 0.376 e. The number of halogens is 1. The molecule has 2 aromatic heterocycles. The minimum absolute atomic E-state index is 0.202. The second kappa shape index (κ2) is 6.36. The van der Waals surface area contributed by atoms with E-state index in [1.54, 1.807) is 23.0 Å². The van der Waals surface area contributed by atoms with Gasteiger partial charge in [0.05, 0.1) is 30.1 Å². The standard InChI is InChI=1S/C14H15BrN4O2/c15-13-4-3-10(6-16-13)14(20)18-11-7-17-19(8-11)9-12-2-1-5-21-12/h3-4,6-8,12H,1-2,5,9H2,(H,18,20). The van der Waals surface area contributed by atoms with Gasteiger partial charge in [0.25, 0.3) is 5.91 Å². The SMILES string of the molecule is O=C(Nc1cnn(CC2CCCO2)c1)c1ccc(Br)nc1. The molecule has 7 heteroatoms. The van der Waals surface area contributed by atoms with Crippen LogP contribution in [0, 0.1) is 0 Å². The highest BCUT2D eigenvalue weighted by Gasteiger charge is 2.16. The molecule has 21 heavy (non-hydrogen) atoms. The molecule has 0 spiro atoms. The fourth-order valence-electron chi connectivity index (χ4n) is 2.24. The zero-order valence-electron chi connectivity index (χ0n) is 11.3. The molecule has 3 rings (SSSR count). The summed E-state index contributed by atoms with van der Waals surface area (Å²) in [5.41, 5.74) is 1.17. The van der Waals surface area contributed by atoms with Gasteiger partial charge in [-0.15, -0.1) is 0 Å². The summed E-state index contributed by atoms with van der Waals surface area (Å²) in [5.74, 6) is -0.202. The van der Waals surface area contributed by atoms with Crippen molar-refractivity contribution < 1.29 is 9.53 Å². The summed E-state index contributed by atoms with van der Waals surface area (Å²) in [6, 6.07) is 3.44. The summed E-state index contributed by atoms with van der Waals surface area (Å²) in [5, 5.41) is 7.04. The van der Waals surface area contributed by atoms with Crippen molar-refractivity contribution in [2.75, 3.05) is 11.9 Å². The van der Waals surface area contributed by atoms with E-state index in [0.29, 0.717) is 15.9 Å². The van der Waals surface area contributed by atoms with Crippen molar-refractivity contribution in [1.82, 2.24) is 14.8 Å². The van der Waals surface area contributed by atoms with Gasteiger partial charge in [-0.1, -0.05) is 0 Å². The molecular formula is C14H15BrN4O2. The number of carbonyl (C=O) groups excluding carboxylic acids is 1. The van der Waals surface area contributed by atoms with E-state index in [9.17, 15) is 4.79 Å². The van der Waals surface area contributed by atoms with E-state index in [-0.39, 0.29) is 12.0 Å². The topological polar surface area (TPSA) is 69.0 Å². The number of amides is 1. The van der Waals surface area contributed by atoms with Gasteiger partial charge in [0.2, 0.25) is 0 Å². The Bertz CT molecular complexity index is 620. The molecule has 2 aromatic rings. The molecule has 110 valence electrons. The molecule has 1 N–H and O–H groups in total. The van der Waals surface area contributed by atoms with Crippen LogP contribution in [-0.2, 0) is 11.3 Å². The van der Waals surface area contributed by atoms with E-state index in [1.165, 1.54) is 6.20 Å². The zero-order valence-corrected chi connectivity index (χ0v) is 12.9. The lowest BCUT2D eigenvalue weighted by molar-refractivity contribution is 0.0940. The van der Waals surface area contributed by atoms with E-state index < -0.39 is 0 Å². The smallest absolute Gasteiger partial charge is 0.257 e. The number of aromatic nitrogens is 3. The van der Waals surface area contributed by atoms with Gasteiger partial charge in [-0.05, 0) is 40.9 Å². The monoisotopic (exact) mass is 350 g/mol. The van der Waals surface area contributed by atoms with Crippen LogP contribution in [0.1, 0.15) is 23.2 Å². The fraction of sp³-hybridized carbons (Fsp3) is 0.357. The van der Waals surface area contributed by atoms with Gasteiger partial charge >= 0.3 is 0 Å². The first-order chi connectivity index (χ1) is 10.2. The van der Waals surface area contributed by atoms with Crippen molar-refractivity contribution >= 4 is 27.5 Å². The van der Waals surface area contributed by atoms with Gasteiger partial charge in [0.1, 0.15) is 4.60 Å². The molecule has 0 aliphatic carbocycles. The van der Waals surface area contributed by atoms with Crippen LogP contribution < -0.4 is 5.32 Å². The number of carbonyl (C=O) groups is 1. The number of anilines is 1.